The summed E-state index contributed by atoms with van der Waals surface area (Å²) in [6.07, 6.45) is 7.04. The van der Waals surface area contributed by atoms with Gasteiger partial charge in [0, 0.05) is 17.0 Å². The summed E-state index contributed by atoms with van der Waals surface area (Å²) in [6, 6.07) is 3.69. The van der Waals surface area contributed by atoms with Gasteiger partial charge in [0.05, 0.1) is 6.04 Å². The maximum atomic E-state index is 6.38. The number of rotatable bonds is 3. The second kappa shape index (κ2) is 5.55. The van der Waals surface area contributed by atoms with Crippen molar-refractivity contribution >= 4 is 11.3 Å². The molecule has 106 valence electrons. The summed E-state index contributed by atoms with van der Waals surface area (Å²) in [6.45, 7) is 5.66. The molecule has 2 N–H and O–H groups in total. The molecule has 2 aliphatic rings. The van der Waals surface area contributed by atoms with Crippen LogP contribution in [0.1, 0.15) is 55.5 Å². The molecule has 3 heteroatoms. The lowest BCUT2D eigenvalue weighted by Crippen LogP contribution is -2.49. The quantitative estimate of drug-likeness (QED) is 0.913. The average Bonchev–Trinajstić information content (AvgIpc) is 2.99. The van der Waals surface area contributed by atoms with E-state index in [0.29, 0.717) is 6.04 Å². The first kappa shape index (κ1) is 13.6. The van der Waals surface area contributed by atoms with E-state index in [-0.39, 0.29) is 6.04 Å². The van der Waals surface area contributed by atoms with Gasteiger partial charge >= 0.3 is 0 Å². The molecule has 3 rings (SSSR count). The molecule has 4 atom stereocenters. The predicted octanol–water partition coefficient (Wildman–Crippen LogP) is 3.71. The van der Waals surface area contributed by atoms with E-state index in [4.69, 9.17) is 5.73 Å². The number of hydrogen-bond donors (Lipinski definition) is 1. The third-order valence-corrected chi connectivity index (χ3v) is 6.15. The molecule has 1 saturated heterocycles. The Morgan fingerprint density at radius 1 is 1.32 bits per heavy atom. The zero-order chi connectivity index (χ0) is 13.4. The first-order chi connectivity index (χ1) is 9.18. The van der Waals surface area contributed by atoms with Crippen molar-refractivity contribution in [2.45, 2.75) is 64.1 Å². The largest absolute Gasteiger partial charge is 0.326 e. The number of piperidine rings is 1. The summed E-state index contributed by atoms with van der Waals surface area (Å²) in [4.78, 5) is 4.26. The highest BCUT2D eigenvalue weighted by atomic mass is 32.1. The molecule has 0 bridgehead atoms. The van der Waals surface area contributed by atoms with Crippen molar-refractivity contribution in [1.29, 1.82) is 0 Å². The Morgan fingerprint density at radius 2 is 2.11 bits per heavy atom. The summed E-state index contributed by atoms with van der Waals surface area (Å²) in [5.74, 6) is 0.940. The summed E-state index contributed by atoms with van der Waals surface area (Å²) < 4.78 is 0. The van der Waals surface area contributed by atoms with Crippen molar-refractivity contribution in [3.63, 3.8) is 0 Å². The molecule has 0 aromatic carbocycles. The molecule has 0 spiro atoms. The Bertz CT molecular complexity index is 426. The van der Waals surface area contributed by atoms with Crippen LogP contribution in [0.4, 0.5) is 0 Å². The fourth-order valence-corrected chi connectivity index (χ4v) is 5.38. The van der Waals surface area contributed by atoms with Gasteiger partial charge in [-0.3, -0.25) is 4.90 Å². The molecule has 1 aromatic heterocycles. The fourth-order valence-electron chi connectivity index (χ4n) is 4.22. The molecule has 2 nitrogen and oxygen atoms in total. The van der Waals surface area contributed by atoms with E-state index in [1.54, 1.807) is 0 Å². The van der Waals surface area contributed by atoms with Gasteiger partial charge in [-0.05, 0) is 69.0 Å². The van der Waals surface area contributed by atoms with Crippen LogP contribution in [-0.4, -0.2) is 23.5 Å². The molecule has 1 aliphatic carbocycles. The Hall–Kier alpha value is -0.380. The number of hydrogen-bond acceptors (Lipinski definition) is 3. The maximum Gasteiger partial charge on any atom is 0.0595 e. The minimum atomic E-state index is 0.219. The van der Waals surface area contributed by atoms with E-state index in [2.05, 4.69) is 30.2 Å². The van der Waals surface area contributed by atoms with Crippen molar-refractivity contribution < 1.29 is 0 Å². The number of nitrogens with two attached hydrogens (primary N) is 1. The molecule has 4 unspecified atom stereocenters. The maximum absolute atomic E-state index is 6.38. The standard InChI is InChI=1S/C16H26N2S/c1-11-8-10-19-16(11)15(12(2)17)18-9-4-6-13-5-3-7-14(13)18/h8,10,12-15H,3-7,9,17H2,1-2H3. The second-order valence-corrected chi connectivity index (χ2v) is 7.36. The zero-order valence-corrected chi connectivity index (χ0v) is 13.0. The first-order valence-corrected chi connectivity index (χ1v) is 8.61. The minimum absolute atomic E-state index is 0.219. The second-order valence-electron chi connectivity index (χ2n) is 6.41. The molecule has 0 radical (unpaired) electrons. The van der Waals surface area contributed by atoms with E-state index < -0.39 is 0 Å². The first-order valence-electron chi connectivity index (χ1n) is 7.74. The van der Waals surface area contributed by atoms with Crippen LogP contribution in [0.3, 0.4) is 0 Å². The summed E-state index contributed by atoms with van der Waals surface area (Å²) >= 11 is 1.89. The number of nitrogens with zero attached hydrogens (tertiary/aromatic N) is 1. The number of aryl methyl sites for hydroxylation is 1. The number of likely N-dealkylation sites (tertiary alicyclic amines) is 1. The van der Waals surface area contributed by atoms with Crippen molar-refractivity contribution in [3.8, 4) is 0 Å². The van der Waals surface area contributed by atoms with Crippen molar-refractivity contribution in [3.05, 3.63) is 21.9 Å². The smallest absolute Gasteiger partial charge is 0.0595 e. The van der Waals surface area contributed by atoms with E-state index >= 15 is 0 Å². The molecule has 1 aliphatic heterocycles. The monoisotopic (exact) mass is 278 g/mol. The molecule has 2 heterocycles. The highest BCUT2D eigenvalue weighted by Crippen LogP contribution is 2.42. The topological polar surface area (TPSA) is 29.3 Å². The molecule has 2 fully saturated rings. The van der Waals surface area contributed by atoms with Gasteiger partial charge in [0.15, 0.2) is 0 Å². The normalized spacial score (nSPS) is 31.1. The van der Waals surface area contributed by atoms with Gasteiger partial charge in [0.2, 0.25) is 0 Å². The molecule has 0 amide bonds. The van der Waals surface area contributed by atoms with Crippen LogP contribution < -0.4 is 5.73 Å². The van der Waals surface area contributed by atoms with Gasteiger partial charge in [-0.2, -0.15) is 0 Å². The average molecular weight is 278 g/mol. The van der Waals surface area contributed by atoms with Gasteiger partial charge in [-0.15, -0.1) is 11.3 Å². The lowest BCUT2D eigenvalue weighted by molar-refractivity contribution is 0.0584. The summed E-state index contributed by atoms with van der Waals surface area (Å²) in [7, 11) is 0. The minimum Gasteiger partial charge on any atom is -0.326 e. The van der Waals surface area contributed by atoms with E-state index in [9.17, 15) is 0 Å². The van der Waals surface area contributed by atoms with E-state index in [0.717, 1.165) is 12.0 Å². The van der Waals surface area contributed by atoms with Crippen molar-refractivity contribution in [1.82, 2.24) is 4.90 Å². The van der Waals surface area contributed by atoms with Crippen LogP contribution in [0.25, 0.3) is 0 Å². The SMILES string of the molecule is Cc1ccsc1C(C(C)N)N1CCCC2CCCC21. The fraction of sp³-hybridized carbons (Fsp3) is 0.750. The van der Waals surface area contributed by atoms with Crippen LogP contribution in [0, 0.1) is 12.8 Å². The molecular weight excluding hydrogens is 252 g/mol. The third kappa shape index (κ3) is 2.48. The molecular formula is C16H26N2S. The van der Waals surface area contributed by atoms with Gasteiger partial charge in [0.25, 0.3) is 0 Å². The highest BCUT2D eigenvalue weighted by molar-refractivity contribution is 7.10. The van der Waals surface area contributed by atoms with Crippen LogP contribution in [0.2, 0.25) is 0 Å². The predicted molar refractivity (Wildman–Crippen MR) is 82.5 cm³/mol. The van der Waals surface area contributed by atoms with Crippen LogP contribution in [0.15, 0.2) is 11.4 Å². The van der Waals surface area contributed by atoms with Gasteiger partial charge in [-0.1, -0.05) is 6.42 Å². The Labute approximate surface area is 121 Å². The van der Waals surface area contributed by atoms with Crippen LogP contribution in [0.5, 0.6) is 0 Å². The Morgan fingerprint density at radius 3 is 2.79 bits per heavy atom. The van der Waals surface area contributed by atoms with E-state index in [1.165, 1.54) is 49.1 Å². The van der Waals surface area contributed by atoms with Crippen LogP contribution >= 0.6 is 11.3 Å². The van der Waals surface area contributed by atoms with E-state index in [1.807, 2.05) is 11.3 Å². The summed E-state index contributed by atoms with van der Waals surface area (Å²) in [5, 5.41) is 2.22. The molecule has 19 heavy (non-hydrogen) atoms. The molecule has 1 saturated carbocycles. The number of fused-ring (bicyclic) bond motifs is 1. The number of thiophene rings is 1. The van der Waals surface area contributed by atoms with Crippen molar-refractivity contribution in [2.75, 3.05) is 6.54 Å². The van der Waals surface area contributed by atoms with Gasteiger partial charge in [0.1, 0.15) is 0 Å². The summed E-state index contributed by atoms with van der Waals surface area (Å²) in [5.41, 5.74) is 7.80. The lowest BCUT2D eigenvalue weighted by atomic mass is 9.89. The Kier molecular flexibility index (Phi) is 3.97. The third-order valence-electron chi connectivity index (χ3n) is 5.06. The lowest BCUT2D eigenvalue weighted by Gasteiger charge is -2.44. The van der Waals surface area contributed by atoms with Crippen LogP contribution in [-0.2, 0) is 0 Å². The van der Waals surface area contributed by atoms with Gasteiger partial charge < -0.3 is 5.73 Å². The van der Waals surface area contributed by atoms with Gasteiger partial charge in [-0.25, -0.2) is 0 Å². The Balaban J connectivity index is 1.89. The zero-order valence-electron chi connectivity index (χ0n) is 12.1. The highest BCUT2D eigenvalue weighted by Gasteiger charge is 2.40. The molecule has 1 aromatic rings. The van der Waals surface area contributed by atoms with Crippen molar-refractivity contribution in [2.24, 2.45) is 11.7 Å².